The number of rotatable bonds is 6. The van der Waals surface area contributed by atoms with Crippen LogP contribution in [0.25, 0.3) is 105 Å². The van der Waals surface area contributed by atoms with Crippen molar-refractivity contribution in [3.63, 3.8) is 0 Å². The summed E-state index contributed by atoms with van der Waals surface area (Å²) in [6.45, 7) is 0. The van der Waals surface area contributed by atoms with Gasteiger partial charge in [0.25, 0.3) is 0 Å². The van der Waals surface area contributed by atoms with Gasteiger partial charge in [0, 0.05) is 27.5 Å². The Bertz CT molecular complexity index is 3230. The largest absolute Gasteiger partial charge is 0.308 e. The highest BCUT2D eigenvalue weighted by Crippen LogP contribution is 2.40. The Kier molecular flexibility index (Phi) is 7.78. The Labute approximate surface area is 330 Å². The van der Waals surface area contributed by atoms with E-state index in [1.807, 2.05) is 0 Å². The van der Waals surface area contributed by atoms with Crippen molar-refractivity contribution >= 4 is 43.4 Å². The number of fused-ring (bicyclic) bond motifs is 5. The quantitative estimate of drug-likeness (QED) is 0.171. The van der Waals surface area contributed by atoms with Gasteiger partial charge in [-0.2, -0.15) is 0 Å². The van der Waals surface area contributed by atoms with Crippen molar-refractivity contribution in [2.45, 2.75) is 0 Å². The molecule has 11 rings (SSSR count). The third kappa shape index (κ3) is 5.58. The van der Waals surface area contributed by atoms with Crippen molar-refractivity contribution in [1.29, 1.82) is 0 Å². The molecule has 9 aromatic carbocycles. The van der Waals surface area contributed by atoms with E-state index < -0.39 is 0 Å². The summed E-state index contributed by atoms with van der Waals surface area (Å²) in [4.78, 5) is 16.2. The topological polar surface area (TPSA) is 43.6 Å². The van der Waals surface area contributed by atoms with Gasteiger partial charge in [0.15, 0.2) is 17.5 Å². The molecule has 0 aliphatic rings. The van der Waals surface area contributed by atoms with Gasteiger partial charge in [-0.3, -0.25) is 0 Å². The molecule has 4 nitrogen and oxygen atoms in total. The first-order valence-electron chi connectivity index (χ1n) is 19.3. The average Bonchev–Trinajstić information content (AvgIpc) is 3.63. The molecule has 0 bridgehead atoms. The lowest BCUT2D eigenvalue weighted by molar-refractivity contribution is 1.07. The summed E-state index contributed by atoms with van der Waals surface area (Å²) in [7, 11) is 0. The average molecular weight is 727 g/mol. The number of hydrogen-bond donors (Lipinski definition) is 0. The minimum atomic E-state index is 0.607. The van der Waals surface area contributed by atoms with Crippen LogP contribution >= 0.6 is 0 Å². The lowest BCUT2D eigenvalue weighted by atomic mass is 9.95. The van der Waals surface area contributed by atoms with E-state index in [0.29, 0.717) is 17.5 Å². The van der Waals surface area contributed by atoms with Crippen molar-refractivity contribution in [1.82, 2.24) is 19.5 Å². The number of aromatic nitrogens is 4. The fraction of sp³-hybridized carbons (Fsp3) is 0. The molecule has 266 valence electrons. The van der Waals surface area contributed by atoms with E-state index in [-0.39, 0.29) is 0 Å². The predicted molar refractivity (Wildman–Crippen MR) is 236 cm³/mol. The molecule has 0 unspecified atom stereocenters. The summed E-state index contributed by atoms with van der Waals surface area (Å²) in [6.07, 6.45) is 0. The summed E-state index contributed by atoms with van der Waals surface area (Å²) in [6, 6.07) is 72.8. The normalized spacial score (nSPS) is 11.5. The Hall–Kier alpha value is -7.69. The zero-order chi connectivity index (χ0) is 37.7. The summed E-state index contributed by atoms with van der Waals surface area (Å²) in [5.74, 6) is 1.86. The first-order valence-corrected chi connectivity index (χ1v) is 19.3. The molecule has 0 aliphatic heterocycles. The summed E-state index contributed by atoms with van der Waals surface area (Å²) in [5, 5.41) is 6.85. The molecule has 2 heterocycles. The van der Waals surface area contributed by atoms with Gasteiger partial charge in [0.2, 0.25) is 0 Å². The number of benzene rings is 9. The van der Waals surface area contributed by atoms with Gasteiger partial charge in [-0.05, 0) is 68.1 Å². The molecule has 0 N–H and O–H groups in total. The molecule has 0 amide bonds. The molecule has 0 saturated heterocycles. The van der Waals surface area contributed by atoms with E-state index in [1.54, 1.807) is 0 Å². The minimum Gasteiger partial charge on any atom is -0.308 e. The van der Waals surface area contributed by atoms with Crippen LogP contribution in [0.2, 0.25) is 0 Å². The van der Waals surface area contributed by atoms with Crippen molar-refractivity contribution in [2.75, 3.05) is 0 Å². The predicted octanol–water partition coefficient (Wildman–Crippen LogP) is 13.6. The van der Waals surface area contributed by atoms with E-state index in [1.165, 1.54) is 21.9 Å². The van der Waals surface area contributed by atoms with Crippen molar-refractivity contribution < 1.29 is 0 Å². The Morgan fingerprint density at radius 2 is 0.737 bits per heavy atom. The SMILES string of the molecule is c1ccc(-c2ccc(-c3nc(-c4cccc5ccccc45)nc(-c4cccc5c(-c6ccccc6)cccc45)n3)c(-n3c4ccccc4c4ccccc43)c2)cc1. The van der Waals surface area contributed by atoms with E-state index in [9.17, 15) is 0 Å². The maximum Gasteiger partial charge on any atom is 0.166 e. The third-order valence-electron chi connectivity index (χ3n) is 11.1. The molecule has 0 saturated carbocycles. The first-order chi connectivity index (χ1) is 28.3. The van der Waals surface area contributed by atoms with E-state index in [0.717, 1.165) is 66.1 Å². The first kappa shape index (κ1) is 32.7. The van der Waals surface area contributed by atoms with Crippen LogP contribution in [-0.2, 0) is 0 Å². The highest BCUT2D eigenvalue weighted by Gasteiger charge is 2.21. The Morgan fingerprint density at radius 1 is 0.281 bits per heavy atom. The zero-order valence-electron chi connectivity index (χ0n) is 30.9. The minimum absolute atomic E-state index is 0.607. The van der Waals surface area contributed by atoms with E-state index >= 15 is 0 Å². The van der Waals surface area contributed by atoms with Crippen LogP contribution in [0.15, 0.2) is 206 Å². The molecule has 2 aromatic heterocycles. The zero-order valence-corrected chi connectivity index (χ0v) is 30.9. The Morgan fingerprint density at radius 3 is 1.40 bits per heavy atom. The lowest BCUT2D eigenvalue weighted by Crippen LogP contribution is -2.04. The van der Waals surface area contributed by atoms with Crippen LogP contribution in [0.5, 0.6) is 0 Å². The number of hydrogen-bond acceptors (Lipinski definition) is 3. The second-order valence-corrected chi connectivity index (χ2v) is 14.4. The summed E-state index contributed by atoms with van der Waals surface area (Å²) >= 11 is 0. The molecule has 0 spiro atoms. The second kappa shape index (κ2) is 13.6. The molecule has 4 heteroatoms. The highest BCUT2D eigenvalue weighted by atomic mass is 15.1. The summed E-state index contributed by atoms with van der Waals surface area (Å²) < 4.78 is 2.37. The molecular weight excluding hydrogens is 693 g/mol. The second-order valence-electron chi connectivity index (χ2n) is 14.4. The molecule has 0 aliphatic carbocycles. The molecule has 0 fully saturated rings. The summed E-state index contributed by atoms with van der Waals surface area (Å²) in [5.41, 5.74) is 10.7. The van der Waals surface area contributed by atoms with Crippen LogP contribution in [0.1, 0.15) is 0 Å². The Balaban J connectivity index is 1.22. The monoisotopic (exact) mass is 726 g/mol. The fourth-order valence-electron chi connectivity index (χ4n) is 8.43. The van der Waals surface area contributed by atoms with E-state index in [2.05, 4.69) is 211 Å². The number of para-hydroxylation sites is 2. The smallest absolute Gasteiger partial charge is 0.166 e. The van der Waals surface area contributed by atoms with Crippen molar-refractivity contribution in [2.24, 2.45) is 0 Å². The molecule has 0 atom stereocenters. The van der Waals surface area contributed by atoms with Crippen LogP contribution in [0.4, 0.5) is 0 Å². The van der Waals surface area contributed by atoms with Gasteiger partial charge in [-0.15, -0.1) is 0 Å². The maximum atomic E-state index is 5.43. The van der Waals surface area contributed by atoms with Gasteiger partial charge in [-0.25, -0.2) is 15.0 Å². The molecule has 0 radical (unpaired) electrons. The van der Waals surface area contributed by atoms with Crippen LogP contribution in [-0.4, -0.2) is 19.5 Å². The van der Waals surface area contributed by atoms with Gasteiger partial charge in [0.1, 0.15) is 0 Å². The third-order valence-corrected chi connectivity index (χ3v) is 11.1. The molecule has 57 heavy (non-hydrogen) atoms. The van der Waals surface area contributed by atoms with Crippen molar-refractivity contribution in [3.05, 3.63) is 206 Å². The maximum absolute atomic E-state index is 5.43. The van der Waals surface area contributed by atoms with Gasteiger partial charge >= 0.3 is 0 Å². The van der Waals surface area contributed by atoms with Crippen molar-refractivity contribution in [3.8, 4) is 62.1 Å². The van der Waals surface area contributed by atoms with Crippen LogP contribution in [0, 0.1) is 0 Å². The number of nitrogens with zero attached hydrogens (tertiary/aromatic N) is 4. The fourth-order valence-corrected chi connectivity index (χ4v) is 8.43. The van der Waals surface area contributed by atoms with E-state index in [4.69, 9.17) is 15.0 Å². The van der Waals surface area contributed by atoms with Gasteiger partial charge < -0.3 is 4.57 Å². The molecule has 11 aromatic rings. The standard InChI is InChI=1S/C53H34N4/c1-3-16-35(17-4-1)38-32-33-47(50(34-38)57-48-30-11-9-23-43(48)44-24-10-12-31-49(44)57)53-55-51(45-28-13-21-37-20-7-8-22-40(37)45)54-52(56-53)46-29-15-26-41-39(25-14-27-42(41)46)36-18-5-2-6-19-36/h1-34H. The van der Waals surface area contributed by atoms with Gasteiger partial charge in [0.05, 0.1) is 16.7 Å². The highest BCUT2D eigenvalue weighted by molar-refractivity contribution is 6.10. The lowest BCUT2D eigenvalue weighted by Gasteiger charge is -2.17. The van der Waals surface area contributed by atoms with Gasteiger partial charge in [-0.1, -0.05) is 182 Å². The van der Waals surface area contributed by atoms with Crippen LogP contribution in [0.3, 0.4) is 0 Å². The molecular formula is C53H34N4. The van der Waals surface area contributed by atoms with Crippen LogP contribution < -0.4 is 0 Å².